The van der Waals surface area contributed by atoms with Crippen LogP contribution < -0.4 is 0 Å². The molecule has 4 aliphatic rings. The van der Waals surface area contributed by atoms with Crippen LogP contribution in [-0.2, 0) is 5.54 Å². The Balaban J connectivity index is 1.69. The molecule has 0 N–H and O–H groups in total. The van der Waals surface area contributed by atoms with Gasteiger partial charge in [0.05, 0.1) is 0 Å². The van der Waals surface area contributed by atoms with E-state index in [1.165, 1.54) is 64.8 Å². The molecule has 0 unspecified atom stereocenters. The van der Waals surface area contributed by atoms with Gasteiger partial charge in [0, 0.05) is 31.8 Å². The smallest absolute Gasteiger partial charge is 0.0497 e. The van der Waals surface area contributed by atoms with Crippen LogP contribution in [0.25, 0.3) is 21.8 Å². The van der Waals surface area contributed by atoms with Crippen molar-refractivity contribution in [2.75, 3.05) is 0 Å². The third kappa shape index (κ3) is 1.76. The summed E-state index contributed by atoms with van der Waals surface area (Å²) in [4.78, 5) is 0. The Hall–Kier alpha value is -1.28. The van der Waals surface area contributed by atoms with Gasteiger partial charge in [-0.05, 0) is 80.5 Å². The summed E-state index contributed by atoms with van der Waals surface area (Å²) in [7, 11) is 0. The van der Waals surface area contributed by atoms with E-state index < -0.39 is 0 Å². The molecule has 7 rings (SSSR count). The Morgan fingerprint density at radius 1 is 0.792 bits per heavy atom. The molecule has 122 valence electrons. The molecule has 0 radical (unpaired) electrons. The molecular formula is C22H22BrN. The van der Waals surface area contributed by atoms with E-state index in [0.717, 1.165) is 17.8 Å². The van der Waals surface area contributed by atoms with Crippen molar-refractivity contribution in [3.8, 4) is 0 Å². The van der Waals surface area contributed by atoms with Gasteiger partial charge in [-0.25, -0.2) is 0 Å². The normalized spacial score (nSPS) is 34.5. The topological polar surface area (TPSA) is 4.93 Å². The van der Waals surface area contributed by atoms with E-state index in [2.05, 4.69) is 63.0 Å². The molecule has 0 aliphatic heterocycles. The molecule has 4 bridgehead atoms. The van der Waals surface area contributed by atoms with E-state index in [4.69, 9.17) is 0 Å². The average molecular weight is 380 g/mol. The predicted molar refractivity (Wildman–Crippen MR) is 103 cm³/mol. The number of halogens is 1. The Morgan fingerprint density at radius 3 is 2.12 bits per heavy atom. The van der Waals surface area contributed by atoms with Gasteiger partial charge in [0.2, 0.25) is 0 Å². The Kier molecular flexibility index (Phi) is 2.71. The molecule has 1 aromatic heterocycles. The summed E-state index contributed by atoms with van der Waals surface area (Å²) in [5.74, 6) is 2.92. The number of para-hydroxylation sites is 1. The largest absolute Gasteiger partial charge is 0.334 e. The molecule has 1 heterocycles. The number of aromatic nitrogens is 1. The van der Waals surface area contributed by atoms with Gasteiger partial charge >= 0.3 is 0 Å². The summed E-state index contributed by atoms with van der Waals surface area (Å²) in [5, 5.41) is 2.83. The summed E-state index contributed by atoms with van der Waals surface area (Å²) >= 11 is 3.68. The van der Waals surface area contributed by atoms with E-state index in [9.17, 15) is 0 Å². The fourth-order valence-electron chi connectivity index (χ4n) is 6.79. The standard InChI is InChI=1S/C22H22BrN/c23-17-5-6-21-19(10-17)18-3-1-2-4-20(18)24(21)22-11-14-7-15(12-22)9-16(8-14)13-22/h1-6,10,14-16H,7-9,11-13H2. The van der Waals surface area contributed by atoms with Gasteiger partial charge in [0.1, 0.15) is 0 Å². The van der Waals surface area contributed by atoms with Crippen molar-refractivity contribution in [1.29, 1.82) is 0 Å². The maximum absolute atomic E-state index is 3.68. The summed E-state index contributed by atoms with van der Waals surface area (Å²) in [6, 6.07) is 15.9. The first kappa shape index (κ1) is 13.9. The highest BCUT2D eigenvalue weighted by Crippen LogP contribution is 2.60. The van der Waals surface area contributed by atoms with Crippen LogP contribution in [0.2, 0.25) is 0 Å². The van der Waals surface area contributed by atoms with Crippen molar-refractivity contribution in [1.82, 2.24) is 4.57 Å². The number of benzene rings is 2. The summed E-state index contributed by atoms with van der Waals surface area (Å²) in [6.45, 7) is 0. The zero-order valence-corrected chi connectivity index (χ0v) is 15.4. The van der Waals surface area contributed by atoms with Crippen LogP contribution in [0.1, 0.15) is 38.5 Å². The summed E-state index contributed by atoms with van der Waals surface area (Å²) in [6.07, 6.45) is 8.72. The van der Waals surface area contributed by atoms with E-state index in [1.807, 2.05) is 0 Å². The van der Waals surface area contributed by atoms with Crippen molar-refractivity contribution in [2.45, 2.75) is 44.1 Å². The van der Waals surface area contributed by atoms with Crippen LogP contribution in [0.3, 0.4) is 0 Å². The maximum atomic E-state index is 3.68. The average Bonchev–Trinajstić information content (AvgIpc) is 2.88. The number of nitrogens with zero attached hydrogens (tertiary/aromatic N) is 1. The van der Waals surface area contributed by atoms with Crippen LogP contribution in [-0.4, -0.2) is 4.57 Å². The van der Waals surface area contributed by atoms with Crippen LogP contribution in [0.15, 0.2) is 46.9 Å². The van der Waals surface area contributed by atoms with Crippen molar-refractivity contribution in [3.63, 3.8) is 0 Å². The lowest BCUT2D eigenvalue weighted by molar-refractivity contribution is -0.0387. The number of rotatable bonds is 1. The molecule has 4 aliphatic carbocycles. The minimum atomic E-state index is 0.379. The molecule has 0 atom stereocenters. The van der Waals surface area contributed by atoms with Crippen LogP contribution in [0.4, 0.5) is 0 Å². The number of hydrogen-bond acceptors (Lipinski definition) is 0. The second kappa shape index (κ2) is 4.66. The van der Waals surface area contributed by atoms with Gasteiger partial charge < -0.3 is 4.57 Å². The third-order valence-corrected chi connectivity index (χ3v) is 7.61. The highest BCUT2D eigenvalue weighted by molar-refractivity contribution is 9.10. The fourth-order valence-corrected chi connectivity index (χ4v) is 7.16. The van der Waals surface area contributed by atoms with E-state index in [0.29, 0.717) is 5.54 Å². The van der Waals surface area contributed by atoms with Gasteiger partial charge in [-0.15, -0.1) is 0 Å². The lowest BCUT2D eigenvalue weighted by atomic mass is 9.53. The second-order valence-electron chi connectivity index (χ2n) is 8.66. The third-order valence-electron chi connectivity index (χ3n) is 7.11. The first-order chi connectivity index (χ1) is 11.7. The summed E-state index contributed by atoms with van der Waals surface area (Å²) in [5.41, 5.74) is 3.28. The Bertz CT molecular complexity index is 931. The van der Waals surface area contributed by atoms with Crippen molar-refractivity contribution >= 4 is 37.7 Å². The van der Waals surface area contributed by atoms with Crippen molar-refractivity contribution in [3.05, 3.63) is 46.9 Å². The molecule has 24 heavy (non-hydrogen) atoms. The molecule has 0 saturated heterocycles. The SMILES string of the molecule is Brc1ccc2c(c1)c1ccccc1n2C12CC3CC(CC(C3)C1)C2. The number of hydrogen-bond donors (Lipinski definition) is 0. The van der Waals surface area contributed by atoms with Crippen molar-refractivity contribution in [2.24, 2.45) is 17.8 Å². The van der Waals surface area contributed by atoms with Gasteiger partial charge in [-0.1, -0.05) is 34.1 Å². The molecular weight excluding hydrogens is 358 g/mol. The second-order valence-corrected chi connectivity index (χ2v) is 9.57. The monoisotopic (exact) mass is 379 g/mol. The van der Waals surface area contributed by atoms with E-state index in [-0.39, 0.29) is 0 Å². The molecule has 0 spiro atoms. The van der Waals surface area contributed by atoms with E-state index >= 15 is 0 Å². The molecule has 0 amide bonds. The predicted octanol–water partition coefficient (Wildman–Crippen LogP) is 6.48. The first-order valence-corrected chi connectivity index (χ1v) is 10.2. The highest BCUT2D eigenvalue weighted by atomic mass is 79.9. The molecule has 2 aromatic carbocycles. The highest BCUT2D eigenvalue weighted by Gasteiger charge is 2.52. The Morgan fingerprint density at radius 2 is 1.42 bits per heavy atom. The van der Waals surface area contributed by atoms with Crippen LogP contribution in [0.5, 0.6) is 0 Å². The minimum absolute atomic E-state index is 0.379. The van der Waals surface area contributed by atoms with Crippen molar-refractivity contribution < 1.29 is 0 Å². The van der Waals surface area contributed by atoms with Gasteiger partial charge in [-0.2, -0.15) is 0 Å². The van der Waals surface area contributed by atoms with E-state index in [1.54, 1.807) is 0 Å². The summed E-state index contributed by atoms with van der Waals surface area (Å²) < 4.78 is 3.96. The zero-order valence-electron chi connectivity index (χ0n) is 13.8. The molecule has 1 nitrogen and oxygen atoms in total. The molecule has 4 saturated carbocycles. The van der Waals surface area contributed by atoms with Gasteiger partial charge in [0.15, 0.2) is 0 Å². The zero-order chi connectivity index (χ0) is 15.9. The maximum Gasteiger partial charge on any atom is 0.0497 e. The molecule has 3 aromatic rings. The number of fused-ring (bicyclic) bond motifs is 3. The van der Waals surface area contributed by atoms with Crippen LogP contribution in [0, 0.1) is 17.8 Å². The minimum Gasteiger partial charge on any atom is -0.334 e. The molecule has 4 fully saturated rings. The molecule has 2 heteroatoms. The van der Waals surface area contributed by atoms with Crippen LogP contribution >= 0.6 is 15.9 Å². The quantitative estimate of drug-likeness (QED) is 0.455. The fraction of sp³-hybridized carbons (Fsp3) is 0.455. The lowest BCUT2D eigenvalue weighted by Crippen LogP contribution is -2.51. The first-order valence-electron chi connectivity index (χ1n) is 9.41. The lowest BCUT2D eigenvalue weighted by Gasteiger charge is -2.57. The van der Waals surface area contributed by atoms with Gasteiger partial charge in [0.25, 0.3) is 0 Å². The van der Waals surface area contributed by atoms with Gasteiger partial charge in [-0.3, -0.25) is 0 Å². The Labute approximate surface area is 151 Å².